The largest absolute Gasteiger partial charge is 0.497 e. The topological polar surface area (TPSA) is 113 Å². The zero-order valence-electron chi connectivity index (χ0n) is 17.9. The molecule has 2 aromatic heterocycles. The fourth-order valence-corrected chi connectivity index (χ4v) is 4.20. The van der Waals surface area contributed by atoms with E-state index in [0.717, 1.165) is 22.9 Å². The van der Waals surface area contributed by atoms with Crippen LogP contribution in [0.25, 0.3) is 22.4 Å². The average Bonchev–Trinajstić information content (AvgIpc) is 3.20. The first-order valence-electron chi connectivity index (χ1n) is 9.90. The van der Waals surface area contributed by atoms with Gasteiger partial charge in [-0.25, -0.2) is 9.78 Å². The minimum absolute atomic E-state index is 0.0849. The van der Waals surface area contributed by atoms with Crippen LogP contribution in [0.15, 0.2) is 75.0 Å². The highest BCUT2D eigenvalue weighted by Crippen LogP contribution is 2.35. The quantitative estimate of drug-likeness (QED) is 0.256. The summed E-state index contributed by atoms with van der Waals surface area (Å²) in [5.41, 5.74) is 2.56. The van der Waals surface area contributed by atoms with Crippen LogP contribution < -0.4 is 15.0 Å². The van der Waals surface area contributed by atoms with Crippen molar-refractivity contribution in [2.45, 2.75) is 5.03 Å². The number of pyridine rings is 1. The maximum atomic E-state index is 12.7. The fraction of sp³-hybridized carbons (Fsp3) is 0.125. The van der Waals surface area contributed by atoms with E-state index in [0.29, 0.717) is 27.6 Å². The number of H-pyrrole nitrogens is 1. The van der Waals surface area contributed by atoms with Gasteiger partial charge < -0.3 is 4.74 Å². The van der Waals surface area contributed by atoms with Gasteiger partial charge in [0.05, 0.1) is 24.1 Å². The Morgan fingerprint density at radius 1 is 1.18 bits per heavy atom. The van der Waals surface area contributed by atoms with Crippen LogP contribution in [0.2, 0.25) is 0 Å². The molecule has 8 nitrogen and oxygen atoms in total. The van der Waals surface area contributed by atoms with Gasteiger partial charge in [-0.05, 0) is 29.0 Å². The molecule has 2 aromatic carbocycles. The Labute approximate surface area is 193 Å². The highest BCUT2D eigenvalue weighted by atomic mass is 32.2. The summed E-state index contributed by atoms with van der Waals surface area (Å²) in [6.45, 7) is 0. The Kier molecular flexibility index (Phi) is 6.38. The molecule has 0 amide bonds. The molecule has 0 unspecified atom stereocenters. The molecule has 0 saturated heterocycles. The molecule has 164 valence electrons. The highest BCUT2D eigenvalue weighted by molar-refractivity contribution is 8.00. The second kappa shape index (κ2) is 9.54. The van der Waals surface area contributed by atoms with Gasteiger partial charge in [-0.3, -0.25) is 9.32 Å². The zero-order chi connectivity index (χ0) is 23.4. The maximum absolute atomic E-state index is 12.7. The van der Waals surface area contributed by atoms with Crippen LogP contribution >= 0.6 is 11.8 Å². The van der Waals surface area contributed by atoms with E-state index in [1.54, 1.807) is 7.11 Å². The number of nitriles is 1. The molecular formula is C24H19N4O4S+. The third kappa shape index (κ3) is 4.56. The lowest BCUT2D eigenvalue weighted by Crippen LogP contribution is -2.39. The van der Waals surface area contributed by atoms with E-state index in [4.69, 9.17) is 4.74 Å². The molecule has 0 aliphatic carbocycles. The fourth-order valence-electron chi connectivity index (χ4n) is 3.33. The molecular weight excluding hydrogens is 440 g/mol. The van der Waals surface area contributed by atoms with Crippen molar-refractivity contribution in [2.75, 3.05) is 12.9 Å². The Hall–Kier alpha value is -4.16. The molecule has 1 N–H and O–H groups in total. The van der Waals surface area contributed by atoms with E-state index >= 15 is 0 Å². The number of benzene rings is 2. The summed E-state index contributed by atoms with van der Waals surface area (Å²) in [7, 11) is 3.10. The molecule has 0 saturated carbocycles. The molecule has 9 heteroatoms. The standard InChI is InChI=1S/C24H18N4O4S/c1-28-22(24(30)32-27-28)21(29)14-33-23-19(13-25)18(15-8-10-17(31-2)11-9-15)12-20(26-23)16-6-4-3-5-7-16/h3-12H,14H2,1-2H3/p+1. The number of nitrogens with one attached hydrogen (secondary N) is 1. The third-order valence-electron chi connectivity index (χ3n) is 4.98. The van der Waals surface area contributed by atoms with E-state index in [1.807, 2.05) is 60.7 Å². The van der Waals surface area contributed by atoms with Crippen LogP contribution in [0, 0.1) is 11.3 Å². The average molecular weight is 460 g/mol. The number of hydrogen-bond donors (Lipinski definition) is 1. The van der Waals surface area contributed by atoms with Crippen molar-refractivity contribution in [1.29, 1.82) is 5.26 Å². The monoisotopic (exact) mass is 459 g/mol. The van der Waals surface area contributed by atoms with E-state index in [-0.39, 0.29) is 11.4 Å². The molecule has 0 atom stereocenters. The minimum Gasteiger partial charge on any atom is -0.497 e. The second-order valence-electron chi connectivity index (χ2n) is 7.04. The van der Waals surface area contributed by atoms with Gasteiger partial charge in [0, 0.05) is 11.1 Å². The zero-order valence-corrected chi connectivity index (χ0v) is 18.7. The second-order valence-corrected chi connectivity index (χ2v) is 8.01. The third-order valence-corrected chi connectivity index (χ3v) is 5.95. The van der Waals surface area contributed by atoms with Crippen molar-refractivity contribution in [3.8, 4) is 34.2 Å². The lowest BCUT2D eigenvalue weighted by molar-refractivity contribution is -0.741. The van der Waals surface area contributed by atoms with Crippen molar-refractivity contribution in [2.24, 2.45) is 7.05 Å². The van der Waals surface area contributed by atoms with Crippen molar-refractivity contribution in [1.82, 2.24) is 10.3 Å². The van der Waals surface area contributed by atoms with Gasteiger partial charge in [0.1, 0.15) is 16.8 Å². The summed E-state index contributed by atoms with van der Waals surface area (Å²) < 4.78 is 11.1. The maximum Gasteiger partial charge on any atom is 0.438 e. The van der Waals surface area contributed by atoms with Crippen LogP contribution in [0.3, 0.4) is 0 Å². The number of aromatic amines is 1. The molecule has 0 spiro atoms. The number of ether oxygens (including phenoxy) is 1. The molecule has 0 bridgehead atoms. The number of nitrogens with zero attached hydrogens (tertiary/aromatic N) is 3. The van der Waals surface area contributed by atoms with Gasteiger partial charge in [0.15, 0.2) is 7.05 Å². The summed E-state index contributed by atoms with van der Waals surface area (Å²) in [6.07, 6.45) is 0. The lowest BCUT2D eigenvalue weighted by Gasteiger charge is -2.12. The molecule has 0 radical (unpaired) electrons. The van der Waals surface area contributed by atoms with E-state index in [9.17, 15) is 14.9 Å². The van der Waals surface area contributed by atoms with Gasteiger partial charge >= 0.3 is 11.3 Å². The number of rotatable bonds is 7. The number of methoxy groups -OCH3 is 1. The molecule has 0 aliphatic rings. The predicted molar refractivity (Wildman–Crippen MR) is 122 cm³/mol. The van der Waals surface area contributed by atoms with Crippen LogP contribution in [-0.4, -0.2) is 28.9 Å². The Morgan fingerprint density at radius 3 is 2.52 bits per heavy atom. The van der Waals surface area contributed by atoms with Gasteiger partial charge in [-0.15, -0.1) is 0 Å². The minimum atomic E-state index is -0.742. The number of carbonyl (C=O) groups is 1. The Bertz CT molecular complexity index is 1400. The molecule has 2 heterocycles. The summed E-state index contributed by atoms with van der Waals surface area (Å²) in [5.74, 6) is 0.186. The van der Waals surface area contributed by atoms with Crippen LogP contribution in [0.4, 0.5) is 0 Å². The molecule has 0 fully saturated rings. The van der Waals surface area contributed by atoms with Crippen LogP contribution in [0.5, 0.6) is 5.75 Å². The molecule has 0 aliphatic heterocycles. The number of carbonyl (C=O) groups excluding carboxylic acids is 1. The first kappa shape index (κ1) is 22.0. The summed E-state index contributed by atoms with van der Waals surface area (Å²) >= 11 is 1.11. The lowest BCUT2D eigenvalue weighted by atomic mass is 9.99. The highest BCUT2D eigenvalue weighted by Gasteiger charge is 2.27. The number of Topliss-reactive ketones (excluding diaryl/α,β-unsaturated/α-hetero) is 1. The number of ketones is 1. The number of aromatic nitrogens is 3. The summed E-state index contributed by atoms with van der Waals surface area (Å²) in [4.78, 5) is 29.2. The van der Waals surface area contributed by atoms with Crippen molar-refractivity contribution in [3.05, 3.63) is 82.3 Å². The normalized spacial score (nSPS) is 10.6. The number of hydrogen-bond acceptors (Lipinski definition) is 7. The van der Waals surface area contributed by atoms with Crippen LogP contribution in [0.1, 0.15) is 16.1 Å². The van der Waals surface area contributed by atoms with E-state index in [1.165, 1.54) is 11.7 Å². The predicted octanol–water partition coefficient (Wildman–Crippen LogP) is 3.38. The van der Waals surface area contributed by atoms with Crippen molar-refractivity contribution < 1.29 is 18.7 Å². The number of aryl methyl sites for hydroxylation is 1. The Balaban J connectivity index is 1.78. The molecule has 4 aromatic rings. The van der Waals surface area contributed by atoms with Gasteiger partial charge in [-0.2, -0.15) is 5.26 Å². The van der Waals surface area contributed by atoms with Gasteiger partial charge in [0.25, 0.3) is 0 Å². The van der Waals surface area contributed by atoms with Gasteiger partial charge in [0.2, 0.25) is 5.78 Å². The Morgan fingerprint density at radius 2 is 1.91 bits per heavy atom. The van der Waals surface area contributed by atoms with Crippen molar-refractivity contribution >= 4 is 17.5 Å². The van der Waals surface area contributed by atoms with Gasteiger partial charge in [-0.1, -0.05) is 58.9 Å². The summed E-state index contributed by atoms with van der Waals surface area (Å²) in [6, 6.07) is 21.1. The molecule has 4 rings (SSSR count). The first-order valence-corrected chi connectivity index (χ1v) is 10.9. The number of thioether (sulfide) groups is 1. The van der Waals surface area contributed by atoms with Crippen molar-refractivity contribution in [3.63, 3.8) is 0 Å². The molecule has 33 heavy (non-hydrogen) atoms. The SMILES string of the molecule is COc1ccc(-c2cc(-c3ccccc3)nc(SCC(=O)c3c(=O)o[nH][n+]3C)c2C#N)cc1. The van der Waals surface area contributed by atoms with E-state index in [2.05, 4.69) is 20.8 Å². The van der Waals surface area contributed by atoms with Crippen LogP contribution in [-0.2, 0) is 7.05 Å². The van der Waals surface area contributed by atoms with E-state index < -0.39 is 11.4 Å². The summed E-state index contributed by atoms with van der Waals surface area (Å²) in [5, 5.41) is 12.7. The smallest absolute Gasteiger partial charge is 0.438 e. The first-order chi connectivity index (χ1) is 16.0.